The molecule has 0 bridgehead atoms. The highest BCUT2D eigenvalue weighted by Crippen LogP contribution is 2.51. The van der Waals surface area contributed by atoms with E-state index < -0.39 is 0 Å². The van der Waals surface area contributed by atoms with E-state index in [0.717, 1.165) is 38.6 Å². The molecule has 51 heavy (non-hydrogen) atoms. The molecule has 1 aliphatic rings. The Labute approximate surface area is 295 Å². The zero-order chi connectivity index (χ0) is 33.8. The Kier molecular flexibility index (Phi) is 5.76. The van der Waals surface area contributed by atoms with Crippen molar-refractivity contribution in [1.29, 1.82) is 0 Å². The molecule has 0 saturated heterocycles. The lowest BCUT2D eigenvalue weighted by molar-refractivity contribution is 0.661. The van der Waals surface area contributed by atoms with Crippen LogP contribution in [0, 0.1) is 0 Å². The van der Waals surface area contributed by atoms with E-state index in [1.54, 1.807) is 0 Å². The van der Waals surface area contributed by atoms with Crippen LogP contribution in [0.1, 0.15) is 25.0 Å². The molecule has 2 heteroatoms. The van der Waals surface area contributed by atoms with Crippen LogP contribution in [-0.2, 0) is 5.41 Å². The molecule has 0 N–H and O–H groups in total. The van der Waals surface area contributed by atoms with E-state index in [4.69, 9.17) is 9.97 Å². The smallest absolute Gasteiger partial charge is 0.0794 e. The fraction of sp³-hybridized carbons (Fsp3) is 0.0612. The SMILES string of the molecule is CC1(C)c2ccccc2-c2cc3c(cc21)c(-c1ccc(-c2c4ccc5ccccc5c4nc4c2ccc2ccccc24)cc1)nc1ccccc13. The van der Waals surface area contributed by atoms with Crippen LogP contribution in [0.3, 0.4) is 0 Å². The third kappa shape index (κ3) is 3.99. The maximum atomic E-state index is 5.39. The normalized spacial score (nSPS) is 13.5. The molecule has 0 aliphatic heterocycles. The van der Waals surface area contributed by atoms with E-state index in [1.165, 1.54) is 71.1 Å². The predicted molar refractivity (Wildman–Crippen MR) is 216 cm³/mol. The summed E-state index contributed by atoms with van der Waals surface area (Å²) < 4.78 is 0. The lowest BCUT2D eigenvalue weighted by atomic mass is 9.81. The zero-order valence-corrected chi connectivity index (χ0v) is 28.4. The number of hydrogen-bond donors (Lipinski definition) is 0. The summed E-state index contributed by atoms with van der Waals surface area (Å²) in [6.07, 6.45) is 0. The quantitative estimate of drug-likeness (QED) is 0.138. The van der Waals surface area contributed by atoms with Crippen LogP contribution in [0.15, 0.2) is 158 Å². The number of para-hydroxylation sites is 1. The third-order valence-corrected chi connectivity index (χ3v) is 11.4. The number of hydrogen-bond acceptors (Lipinski definition) is 2. The molecular formula is C49H32N2. The maximum Gasteiger partial charge on any atom is 0.0794 e. The summed E-state index contributed by atoms with van der Waals surface area (Å²) in [4.78, 5) is 10.8. The van der Waals surface area contributed by atoms with E-state index in [1.807, 2.05) is 0 Å². The summed E-state index contributed by atoms with van der Waals surface area (Å²) in [5.41, 5.74) is 12.9. The van der Waals surface area contributed by atoms with Gasteiger partial charge in [-0.25, -0.2) is 9.97 Å². The van der Waals surface area contributed by atoms with Crippen molar-refractivity contribution < 1.29 is 0 Å². The average molecular weight is 649 g/mol. The number of fused-ring (bicyclic) bond motifs is 12. The Hall–Kier alpha value is -6.38. The van der Waals surface area contributed by atoms with E-state index >= 15 is 0 Å². The molecule has 2 aromatic heterocycles. The molecule has 0 amide bonds. The van der Waals surface area contributed by atoms with Crippen molar-refractivity contribution in [3.63, 3.8) is 0 Å². The Morgan fingerprint density at radius 3 is 1.69 bits per heavy atom. The summed E-state index contributed by atoms with van der Waals surface area (Å²) in [5.74, 6) is 0. The van der Waals surface area contributed by atoms with Gasteiger partial charge in [-0.2, -0.15) is 0 Å². The van der Waals surface area contributed by atoms with Crippen LogP contribution in [0.2, 0.25) is 0 Å². The second kappa shape index (κ2) is 10.3. The molecule has 0 spiro atoms. The zero-order valence-electron chi connectivity index (χ0n) is 28.4. The monoisotopic (exact) mass is 648 g/mol. The predicted octanol–water partition coefficient (Wildman–Crippen LogP) is 13.0. The molecule has 0 atom stereocenters. The fourth-order valence-corrected chi connectivity index (χ4v) is 8.88. The molecule has 0 saturated carbocycles. The Morgan fingerprint density at radius 1 is 0.392 bits per heavy atom. The van der Waals surface area contributed by atoms with Crippen LogP contribution in [0.25, 0.3) is 98.5 Å². The molecule has 0 fully saturated rings. The summed E-state index contributed by atoms with van der Waals surface area (Å²) in [7, 11) is 0. The lowest BCUT2D eigenvalue weighted by Gasteiger charge is -2.22. The molecule has 2 heterocycles. The van der Waals surface area contributed by atoms with Gasteiger partial charge in [-0.3, -0.25) is 0 Å². The Bertz CT molecular complexity index is 3000. The molecule has 11 rings (SSSR count). The molecule has 10 aromatic rings. The Morgan fingerprint density at radius 2 is 0.980 bits per heavy atom. The minimum atomic E-state index is -0.0926. The van der Waals surface area contributed by atoms with Gasteiger partial charge in [-0.15, -0.1) is 0 Å². The van der Waals surface area contributed by atoms with Gasteiger partial charge in [-0.05, 0) is 62.2 Å². The average Bonchev–Trinajstić information content (AvgIpc) is 3.41. The third-order valence-electron chi connectivity index (χ3n) is 11.4. The largest absolute Gasteiger partial charge is 0.247 e. The van der Waals surface area contributed by atoms with E-state index in [9.17, 15) is 0 Å². The van der Waals surface area contributed by atoms with Gasteiger partial charge in [0.25, 0.3) is 0 Å². The van der Waals surface area contributed by atoms with Gasteiger partial charge in [0, 0.05) is 48.9 Å². The van der Waals surface area contributed by atoms with Crippen LogP contribution < -0.4 is 0 Å². The number of nitrogens with zero attached hydrogens (tertiary/aromatic N) is 2. The fourth-order valence-electron chi connectivity index (χ4n) is 8.88. The number of pyridine rings is 2. The number of rotatable bonds is 2. The van der Waals surface area contributed by atoms with Crippen molar-refractivity contribution in [2.45, 2.75) is 19.3 Å². The van der Waals surface area contributed by atoms with Crippen LogP contribution in [-0.4, -0.2) is 9.97 Å². The topological polar surface area (TPSA) is 25.8 Å². The minimum Gasteiger partial charge on any atom is -0.247 e. The van der Waals surface area contributed by atoms with E-state index in [2.05, 4.69) is 172 Å². The van der Waals surface area contributed by atoms with E-state index in [0.29, 0.717) is 0 Å². The van der Waals surface area contributed by atoms with E-state index in [-0.39, 0.29) is 5.41 Å². The van der Waals surface area contributed by atoms with Crippen LogP contribution in [0.5, 0.6) is 0 Å². The van der Waals surface area contributed by atoms with Gasteiger partial charge >= 0.3 is 0 Å². The summed E-state index contributed by atoms with van der Waals surface area (Å²) >= 11 is 0. The molecule has 8 aromatic carbocycles. The van der Waals surface area contributed by atoms with Crippen molar-refractivity contribution in [2.75, 3.05) is 0 Å². The molecular weight excluding hydrogens is 617 g/mol. The molecule has 238 valence electrons. The number of benzene rings is 8. The Balaban J connectivity index is 1.16. The van der Waals surface area contributed by atoms with Gasteiger partial charge in [0.15, 0.2) is 0 Å². The second-order valence-electron chi connectivity index (χ2n) is 14.5. The first-order valence-electron chi connectivity index (χ1n) is 17.8. The maximum absolute atomic E-state index is 5.39. The number of aromatic nitrogens is 2. The standard InChI is InChI=1S/C49H32N2/c1-49(2)42-17-9-7-15-35(42)40-27-39-36-16-8-10-18-44(36)50-46(41(39)28-43(40)49)32-21-19-31(20-22-32)45-37-25-23-29-11-3-5-13-33(29)47(37)51-48-34-14-6-4-12-30(34)24-26-38(45)48/h3-28H,1-2H3. The first kappa shape index (κ1) is 28.5. The first-order valence-corrected chi connectivity index (χ1v) is 17.8. The van der Waals surface area contributed by atoms with Gasteiger partial charge in [0.2, 0.25) is 0 Å². The van der Waals surface area contributed by atoms with Crippen molar-refractivity contribution in [3.05, 3.63) is 169 Å². The van der Waals surface area contributed by atoms with Crippen molar-refractivity contribution in [3.8, 4) is 33.5 Å². The van der Waals surface area contributed by atoms with Crippen LogP contribution in [0.4, 0.5) is 0 Å². The lowest BCUT2D eigenvalue weighted by Crippen LogP contribution is -2.14. The highest BCUT2D eigenvalue weighted by Gasteiger charge is 2.36. The molecule has 2 nitrogen and oxygen atoms in total. The van der Waals surface area contributed by atoms with Crippen molar-refractivity contribution in [1.82, 2.24) is 9.97 Å². The first-order chi connectivity index (χ1) is 25.0. The van der Waals surface area contributed by atoms with Crippen molar-refractivity contribution >= 4 is 65.0 Å². The summed E-state index contributed by atoms with van der Waals surface area (Å²) in [5, 5.41) is 10.7. The van der Waals surface area contributed by atoms with Crippen LogP contribution >= 0.6 is 0 Å². The van der Waals surface area contributed by atoms with Crippen molar-refractivity contribution in [2.24, 2.45) is 0 Å². The van der Waals surface area contributed by atoms with Gasteiger partial charge in [0.1, 0.15) is 0 Å². The highest BCUT2D eigenvalue weighted by molar-refractivity contribution is 6.21. The molecule has 0 unspecified atom stereocenters. The summed E-state index contributed by atoms with van der Waals surface area (Å²) in [6, 6.07) is 57.5. The summed E-state index contributed by atoms with van der Waals surface area (Å²) in [6.45, 7) is 4.70. The second-order valence-corrected chi connectivity index (χ2v) is 14.5. The van der Waals surface area contributed by atoms with Gasteiger partial charge in [-0.1, -0.05) is 153 Å². The van der Waals surface area contributed by atoms with Gasteiger partial charge in [0.05, 0.1) is 22.2 Å². The highest BCUT2D eigenvalue weighted by atomic mass is 14.7. The van der Waals surface area contributed by atoms with Gasteiger partial charge < -0.3 is 0 Å². The molecule has 0 radical (unpaired) electrons. The minimum absolute atomic E-state index is 0.0926. The molecule has 1 aliphatic carbocycles.